The number of pyridine rings is 1. The highest BCUT2D eigenvalue weighted by Crippen LogP contribution is 2.23. The van der Waals surface area contributed by atoms with Crippen molar-refractivity contribution < 1.29 is 4.79 Å². The summed E-state index contributed by atoms with van der Waals surface area (Å²) in [7, 11) is 0. The van der Waals surface area contributed by atoms with E-state index in [2.05, 4.69) is 21.6 Å². The summed E-state index contributed by atoms with van der Waals surface area (Å²) in [6.45, 7) is 2.57. The molecule has 0 unspecified atom stereocenters. The third-order valence-electron chi connectivity index (χ3n) is 5.84. The molecular formula is C28H26N6O. The zero-order chi connectivity index (χ0) is 24.0. The van der Waals surface area contributed by atoms with Crippen LogP contribution in [0.2, 0.25) is 0 Å². The Hall–Kier alpha value is -4.52. The van der Waals surface area contributed by atoms with E-state index < -0.39 is 0 Å². The van der Waals surface area contributed by atoms with Crippen molar-refractivity contribution in [2.45, 2.75) is 19.8 Å². The Labute approximate surface area is 204 Å². The maximum absolute atomic E-state index is 13.1. The van der Waals surface area contributed by atoms with Gasteiger partial charge in [0.15, 0.2) is 0 Å². The number of nitrogens with one attached hydrogen (secondary N) is 1. The first-order valence-corrected chi connectivity index (χ1v) is 11.6. The van der Waals surface area contributed by atoms with Gasteiger partial charge in [0.1, 0.15) is 5.69 Å². The van der Waals surface area contributed by atoms with Crippen molar-refractivity contribution >= 4 is 5.91 Å². The van der Waals surface area contributed by atoms with Gasteiger partial charge in [-0.15, -0.1) is 0 Å². The van der Waals surface area contributed by atoms with Crippen molar-refractivity contribution in [3.8, 4) is 22.6 Å². The molecule has 35 heavy (non-hydrogen) atoms. The molecule has 0 aliphatic rings. The Morgan fingerprint density at radius 3 is 2.20 bits per heavy atom. The molecule has 0 saturated heterocycles. The minimum absolute atomic E-state index is 0.150. The van der Waals surface area contributed by atoms with Crippen molar-refractivity contribution in [3.63, 3.8) is 0 Å². The number of benzene rings is 2. The summed E-state index contributed by atoms with van der Waals surface area (Å²) in [4.78, 5) is 17.3. The maximum atomic E-state index is 13.1. The lowest BCUT2D eigenvalue weighted by atomic mass is 10.1. The van der Waals surface area contributed by atoms with Crippen molar-refractivity contribution in [2.24, 2.45) is 0 Å². The first kappa shape index (κ1) is 22.3. The Morgan fingerprint density at radius 2 is 1.54 bits per heavy atom. The van der Waals surface area contributed by atoms with Gasteiger partial charge >= 0.3 is 0 Å². The smallest absolute Gasteiger partial charge is 0.255 e. The second-order valence-electron chi connectivity index (χ2n) is 8.29. The van der Waals surface area contributed by atoms with Gasteiger partial charge in [-0.25, -0.2) is 9.36 Å². The molecule has 3 heterocycles. The number of aryl methyl sites for hydroxylation is 2. The number of hydrogen-bond acceptors (Lipinski definition) is 4. The third kappa shape index (κ3) is 5.04. The van der Waals surface area contributed by atoms with Crippen LogP contribution < -0.4 is 5.32 Å². The van der Waals surface area contributed by atoms with Gasteiger partial charge in [0.05, 0.1) is 22.6 Å². The predicted octanol–water partition coefficient (Wildman–Crippen LogP) is 4.79. The molecule has 7 heteroatoms. The van der Waals surface area contributed by atoms with Crippen molar-refractivity contribution in [1.29, 1.82) is 0 Å². The molecule has 2 aromatic carbocycles. The molecule has 7 nitrogen and oxygen atoms in total. The van der Waals surface area contributed by atoms with E-state index in [1.807, 2.05) is 84.4 Å². The van der Waals surface area contributed by atoms with Crippen molar-refractivity contribution in [3.05, 3.63) is 114 Å². The number of amides is 1. The molecule has 174 valence electrons. The van der Waals surface area contributed by atoms with Gasteiger partial charge in [-0.2, -0.15) is 10.2 Å². The van der Waals surface area contributed by atoms with Crippen LogP contribution in [0.3, 0.4) is 0 Å². The van der Waals surface area contributed by atoms with E-state index in [9.17, 15) is 4.79 Å². The number of hydrogen-bond donors (Lipinski definition) is 1. The van der Waals surface area contributed by atoms with Gasteiger partial charge in [-0.1, -0.05) is 36.4 Å². The Bertz CT molecular complexity index is 1410. The van der Waals surface area contributed by atoms with Crippen LogP contribution in [0, 0.1) is 6.92 Å². The molecule has 3 aromatic heterocycles. The van der Waals surface area contributed by atoms with Crippen LogP contribution in [0.1, 0.15) is 28.0 Å². The standard InChI is InChI=1S/C28H26N6O/c1-21-23(19-33(31-21)24-12-4-2-5-13-24)11-9-17-30-28(35)26-20-34(25-14-6-3-7-15-25)32-27(26)22-10-8-16-29-18-22/h2-8,10,12-16,18-20H,9,11,17H2,1H3,(H,30,35). The fourth-order valence-electron chi connectivity index (χ4n) is 4.00. The van der Waals surface area contributed by atoms with Crippen LogP contribution in [-0.2, 0) is 6.42 Å². The average Bonchev–Trinajstić information content (AvgIpc) is 3.52. The second-order valence-corrected chi connectivity index (χ2v) is 8.29. The van der Waals surface area contributed by atoms with E-state index in [0.29, 0.717) is 17.8 Å². The van der Waals surface area contributed by atoms with Crippen molar-refractivity contribution in [1.82, 2.24) is 29.9 Å². The van der Waals surface area contributed by atoms with Crippen LogP contribution in [0.5, 0.6) is 0 Å². The molecule has 0 bridgehead atoms. The van der Waals surface area contributed by atoms with Gasteiger partial charge in [-0.3, -0.25) is 9.78 Å². The zero-order valence-corrected chi connectivity index (χ0v) is 19.5. The number of carbonyl (C=O) groups is 1. The van der Waals surface area contributed by atoms with Crippen LogP contribution in [-0.4, -0.2) is 37.0 Å². The SMILES string of the molecule is Cc1nn(-c2ccccc2)cc1CCCNC(=O)c1cn(-c2ccccc2)nc1-c1cccnc1. The third-order valence-corrected chi connectivity index (χ3v) is 5.84. The lowest BCUT2D eigenvalue weighted by Gasteiger charge is -2.05. The Morgan fingerprint density at radius 1 is 0.857 bits per heavy atom. The fraction of sp³-hybridized carbons (Fsp3) is 0.143. The molecule has 0 spiro atoms. The largest absolute Gasteiger partial charge is 0.352 e. The van der Waals surface area contributed by atoms with E-state index in [-0.39, 0.29) is 5.91 Å². The highest BCUT2D eigenvalue weighted by molar-refractivity contribution is 5.99. The summed E-state index contributed by atoms with van der Waals surface area (Å²) >= 11 is 0. The molecule has 0 saturated carbocycles. The molecule has 1 N–H and O–H groups in total. The molecular weight excluding hydrogens is 436 g/mol. The minimum Gasteiger partial charge on any atom is -0.352 e. The Kier molecular flexibility index (Phi) is 6.48. The normalized spacial score (nSPS) is 10.9. The van der Waals surface area contributed by atoms with E-state index in [1.54, 1.807) is 23.3 Å². The van der Waals surface area contributed by atoms with Gasteiger partial charge in [-0.05, 0) is 61.7 Å². The van der Waals surface area contributed by atoms with Gasteiger partial charge in [0.2, 0.25) is 0 Å². The zero-order valence-electron chi connectivity index (χ0n) is 19.5. The Balaban J connectivity index is 1.27. The monoisotopic (exact) mass is 462 g/mol. The summed E-state index contributed by atoms with van der Waals surface area (Å²) in [6.07, 6.45) is 8.92. The summed E-state index contributed by atoms with van der Waals surface area (Å²) in [6, 6.07) is 23.6. The fourth-order valence-corrected chi connectivity index (χ4v) is 4.00. The summed E-state index contributed by atoms with van der Waals surface area (Å²) in [5, 5.41) is 12.4. The van der Waals surface area contributed by atoms with Crippen LogP contribution >= 0.6 is 0 Å². The molecule has 5 aromatic rings. The van der Waals surface area contributed by atoms with Gasteiger partial charge in [0, 0.05) is 36.9 Å². The number of aromatic nitrogens is 5. The van der Waals surface area contributed by atoms with Crippen molar-refractivity contribution in [2.75, 3.05) is 6.54 Å². The predicted molar refractivity (Wildman–Crippen MR) is 136 cm³/mol. The van der Waals surface area contributed by atoms with Crippen LogP contribution in [0.25, 0.3) is 22.6 Å². The van der Waals surface area contributed by atoms with Gasteiger partial charge in [0.25, 0.3) is 5.91 Å². The highest BCUT2D eigenvalue weighted by atomic mass is 16.1. The molecule has 0 atom stereocenters. The van der Waals surface area contributed by atoms with Crippen LogP contribution in [0.4, 0.5) is 0 Å². The molecule has 0 aliphatic heterocycles. The molecule has 1 amide bonds. The molecule has 0 radical (unpaired) electrons. The number of para-hydroxylation sites is 2. The summed E-state index contributed by atoms with van der Waals surface area (Å²) in [5.41, 5.74) is 6.04. The maximum Gasteiger partial charge on any atom is 0.255 e. The lowest BCUT2D eigenvalue weighted by molar-refractivity contribution is 0.0954. The quantitative estimate of drug-likeness (QED) is 0.336. The van der Waals surface area contributed by atoms with Crippen LogP contribution in [0.15, 0.2) is 97.6 Å². The first-order chi connectivity index (χ1) is 17.2. The topological polar surface area (TPSA) is 77.6 Å². The number of carbonyl (C=O) groups excluding carboxylic acids is 1. The summed E-state index contributed by atoms with van der Waals surface area (Å²) < 4.78 is 3.64. The molecule has 0 aliphatic carbocycles. The first-order valence-electron chi connectivity index (χ1n) is 11.6. The molecule has 0 fully saturated rings. The summed E-state index contributed by atoms with van der Waals surface area (Å²) in [5.74, 6) is -0.150. The average molecular weight is 463 g/mol. The minimum atomic E-state index is -0.150. The van der Waals surface area contributed by atoms with E-state index in [0.717, 1.165) is 35.5 Å². The molecule has 5 rings (SSSR count). The lowest BCUT2D eigenvalue weighted by Crippen LogP contribution is -2.25. The van der Waals surface area contributed by atoms with Gasteiger partial charge < -0.3 is 5.32 Å². The number of nitrogens with zero attached hydrogens (tertiary/aromatic N) is 5. The van der Waals surface area contributed by atoms with E-state index in [1.165, 1.54) is 5.56 Å². The van der Waals surface area contributed by atoms with E-state index in [4.69, 9.17) is 5.10 Å². The van der Waals surface area contributed by atoms with E-state index >= 15 is 0 Å². The number of rotatable bonds is 8. The highest BCUT2D eigenvalue weighted by Gasteiger charge is 2.18. The second kappa shape index (κ2) is 10.2.